The van der Waals surface area contributed by atoms with Gasteiger partial charge in [0.1, 0.15) is 16.9 Å². The van der Waals surface area contributed by atoms with Gasteiger partial charge in [-0.1, -0.05) is 11.3 Å². The number of hydrogen-bond donors (Lipinski definition) is 0. The van der Waals surface area contributed by atoms with Crippen molar-refractivity contribution in [3.05, 3.63) is 91.0 Å². The van der Waals surface area contributed by atoms with E-state index in [1.165, 1.54) is 40.7 Å². The maximum Gasteiger partial charge on any atom is 0.297 e. The minimum atomic E-state index is -0.954. The van der Waals surface area contributed by atoms with Gasteiger partial charge in [-0.3, -0.25) is 24.6 Å². The van der Waals surface area contributed by atoms with Crippen molar-refractivity contribution in [3.63, 3.8) is 0 Å². The zero-order chi connectivity index (χ0) is 21.0. The molecular formula is C19H9FN4O5S. The van der Waals surface area contributed by atoms with E-state index in [4.69, 9.17) is 4.42 Å². The Kier molecular flexibility index (Phi) is 3.93. The van der Waals surface area contributed by atoms with E-state index >= 15 is 0 Å². The van der Waals surface area contributed by atoms with Crippen molar-refractivity contribution in [2.75, 3.05) is 4.90 Å². The summed E-state index contributed by atoms with van der Waals surface area (Å²) in [5.41, 5.74) is 1.26. The quantitative estimate of drug-likeness (QED) is 0.365. The van der Waals surface area contributed by atoms with Crippen LogP contribution in [0, 0.1) is 15.9 Å². The summed E-state index contributed by atoms with van der Waals surface area (Å²) in [6, 6.07) is 7.97. The molecule has 9 nitrogen and oxygen atoms in total. The number of nitro groups is 1. The average molecular weight is 424 g/mol. The number of nitrogens with zero attached hydrogens (tertiary/aromatic N) is 4. The molecule has 0 saturated carbocycles. The first-order chi connectivity index (χ1) is 14.5. The van der Waals surface area contributed by atoms with Gasteiger partial charge in [-0.05, 0) is 35.9 Å². The Hall–Kier alpha value is -3.99. The summed E-state index contributed by atoms with van der Waals surface area (Å²) in [5, 5.41) is 18.9. The molecule has 0 radical (unpaired) electrons. The van der Waals surface area contributed by atoms with Gasteiger partial charge in [-0.25, -0.2) is 4.39 Å². The molecule has 0 N–H and O–H groups in total. The predicted octanol–water partition coefficient (Wildman–Crippen LogP) is 3.44. The van der Waals surface area contributed by atoms with Crippen molar-refractivity contribution in [2.24, 2.45) is 0 Å². The second kappa shape index (κ2) is 6.52. The first-order valence-corrected chi connectivity index (χ1v) is 9.44. The van der Waals surface area contributed by atoms with Gasteiger partial charge in [0.15, 0.2) is 5.43 Å². The van der Waals surface area contributed by atoms with Crippen LogP contribution >= 0.6 is 11.3 Å². The number of amides is 1. The van der Waals surface area contributed by atoms with Gasteiger partial charge in [0, 0.05) is 12.1 Å². The summed E-state index contributed by atoms with van der Waals surface area (Å²) in [6.45, 7) is 0. The molecular weight excluding hydrogens is 415 g/mol. The van der Waals surface area contributed by atoms with Crippen LogP contribution in [0.4, 0.5) is 15.2 Å². The molecule has 0 fully saturated rings. The topological polar surface area (TPSA) is 119 Å². The van der Waals surface area contributed by atoms with Crippen molar-refractivity contribution in [1.29, 1.82) is 0 Å². The second-order valence-electron chi connectivity index (χ2n) is 6.46. The molecule has 3 heterocycles. The lowest BCUT2D eigenvalue weighted by Gasteiger charge is -2.21. The SMILES string of the molecule is O=C1c2oc3ccc(F)cc3c(=O)c2C(c2ccc([N+](=O)[O-])cc2)N1c1nncs1. The number of non-ortho nitro benzene ring substituents is 1. The van der Waals surface area contributed by atoms with E-state index in [0.29, 0.717) is 5.56 Å². The zero-order valence-corrected chi connectivity index (χ0v) is 15.6. The molecule has 1 unspecified atom stereocenters. The maximum absolute atomic E-state index is 13.7. The molecule has 0 aliphatic carbocycles. The summed E-state index contributed by atoms with van der Waals surface area (Å²) >= 11 is 1.08. The Morgan fingerprint density at radius 2 is 1.93 bits per heavy atom. The lowest BCUT2D eigenvalue weighted by molar-refractivity contribution is -0.384. The van der Waals surface area contributed by atoms with Crippen molar-refractivity contribution >= 4 is 39.0 Å². The molecule has 0 spiro atoms. The molecule has 30 heavy (non-hydrogen) atoms. The van der Waals surface area contributed by atoms with Gasteiger partial charge in [0.25, 0.3) is 11.6 Å². The smallest absolute Gasteiger partial charge is 0.297 e. The molecule has 2 aromatic heterocycles. The molecule has 1 atom stereocenters. The van der Waals surface area contributed by atoms with Crippen molar-refractivity contribution in [2.45, 2.75) is 6.04 Å². The van der Waals surface area contributed by atoms with Gasteiger partial charge < -0.3 is 4.42 Å². The van der Waals surface area contributed by atoms with Crippen LogP contribution in [0.15, 0.2) is 57.2 Å². The molecule has 4 aromatic rings. The fraction of sp³-hybridized carbons (Fsp3) is 0.0526. The lowest BCUT2D eigenvalue weighted by Crippen LogP contribution is -2.29. The summed E-state index contributed by atoms with van der Waals surface area (Å²) < 4.78 is 19.4. The first-order valence-electron chi connectivity index (χ1n) is 8.56. The Morgan fingerprint density at radius 1 is 1.17 bits per heavy atom. The third kappa shape index (κ3) is 2.59. The summed E-state index contributed by atoms with van der Waals surface area (Å²) in [5.74, 6) is -1.40. The van der Waals surface area contributed by atoms with Crippen LogP contribution in [0.3, 0.4) is 0 Å². The number of carbonyl (C=O) groups excluding carboxylic acids is 1. The Morgan fingerprint density at radius 3 is 2.60 bits per heavy atom. The number of fused-ring (bicyclic) bond motifs is 2. The van der Waals surface area contributed by atoms with Crippen LogP contribution in [0.1, 0.15) is 27.7 Å². The van der Waals surface area contributed by atoms with E-state index in [1.807, 2.05) is 0 Å². The van der Waals surface area contributed by atoms with Crippen LogP contribution in [-0.4, -0.2) is 21.0 Å². The predicted molar refractivity (Wildman–Crippen MR) is 104 cm³/mol. The molecule has 2 aromatic carbocycles. The summed E-state index contributed by atoms with van der Waals surface area (Å²) in [6.07, 6.45) is 0. The highest BCUT2D eigenvalue weighted by Crippen LogP contribution is 2.41. The van der Waals surface area contributed by atoms with Crippen LogP contribution in [0.5, 0.6) is 0 Å². The van der Waals surface area contributed by atoms with E-state index in [1.54, 1.807) is 0 Å². The van der Waals surface area contributed by atoms with Gasteiger partial charge in [0.05, 0.1) is 21.9 Å². The van der Waals surface area contributed by atoms with E-state index in [9.17, 15) is 24.1 Å². The number of aromatic nitrogens is 2. The van der Waals surface area contributed by atoms with Gasteiger partial charge in [-0.15, -0.1) is 10.2 Å². The molecule has 0 saturated heterocycles. The molecule has 5 rings (SSSR count). The Bertz CT molecular complexity index is 1380. The van der Waals surface area contributed by atoms with Crippen LogP contribution < -0.4 is 10.3 Å². The fourth-order valence-electron chi connectivity index (χ4n) is 3.51. The number of hydrogen-bond acceptors (Lipinski definition) is 8. The molecule has 1 aliphatic heterocycles. The number of nitro benzene ring substituents is 1. The molecule has 148 valence electrons. The second-order valence-corrected chi connectivity index (χ2v) is 7.27. The normalized spacial score (nSPS) is 15.6. The highest BCUT2D eigenvalue weighted by Gasteiger charge is 2.45. The third-order valence-electron chi connectivity index (χ3n) is 4.81. The number of halogens is 1. The molecule has 11 heteroatoms. The van der Waals surface area contributed by atoms with Gasteiger partial charge in [-0.2, -0.15) is 0 Å². The number of anilines is 1. The lowest BCUT2D eigenvalue weighted by atomic mass is 9.98. The maximum atomic E-state index is 13.7. The molecule has 0 bridgehead atoms. The van der Waals surface area contributed by atoms with E-state index in [2.05, 4.69) is 10.2 Å². The third-order valence-corrected chi connectivity index (χ3v) is 5.50. The zero-order valence-electron chi connectivity index (χ0n) is 14.8. The summed E-state index contributed by atoms with van der Waals surface area (Å²) in [7, 11) is 0. The number of carbonyl (C=O) groups is 1. The standard InChI is InChI=1S/C19H9FN4O5S/c20-10-3-6-13-12(7-10)16(25)14-15(9-1-4-11(5-2-9)24(27)28)23(18(26)17(14)29-13)19-22-21-8-30-19/h1-8,15H. The molecule has 1 aliphatic rings. The number of benzene rings is 2. The van der Waals surface area contributed by atoms with Crippen LogP contribution in [0.25, 0.3) is 11.0 Å². The minimum Gasteiger partial charge on any atom is -0.450 e. The van der Waals surface area contributed by atoms with E-state index in [-0.39, 0.29) is 33.1 Å². The summed E-state index contributed by atoms with van der Waals surface area (Å²) in [4.78, 5) is 38.1. The number of rotatable bonds is 3. The fourth-order valence-corrected chi connectivity index (χ4v) is 4.09. The highest BCUT2D eigenvalue weighted by molar-refractivity contribution is 7.13. The van der Waals surface area contributed by atoms with Crippen molar-refractivity contribution in [3.8, 4) is 0 Å². The van der Waals surface area contributed by atoms with Gasteiger partial charge in [0.2, 0.25) is 10.9 Å². The Labute approximate surface area is 170 Å². The highest BCUT2D eigenvalue weighted by atomic mass is 32.1. The van der Waals surface area contributed by atoms with E-state index in [0.717, 1.165) is 23.5 Å². The molecule has 1 amide bonds. The van der Waals surface area contributed by atoms with Crippen LogP contribution in [0.2, 0.25) is 0 Å². The Balaban J connectivity index is 1.79. The van der Waals surface area contributed by atoms with Crippen molar-refractivity contribution in [1.82, 2.24) is 10.2 Å². The van der Waals surface area contributed by atoms with Crippen LogP contribution in [-0.2, 0) is 0 Å². The first kappa shape index (κ1) is 18.1. The van der Waals surface area contributed by atoms with E-state index < -0.39 is 28.1 Å². The average Bonchev–Trinajstić information content (AvgIpc) is 3.35. The van der Waals surface area contributed by atoms with Gasteiger partial charge >= 0.3 is 0 Å². The monoisotopic (exact) mass is 424 g/mol. The van der Waals surface area contributed by atoms with Crippen molar-refractivity contribution < 1.29 is 18.5 Å². The largest absolute Gasteiger partial charge is 0.450 e. The minimum absolute atomic E-state index is 0.00687.